The summed E-state index contributed by atoms with van der Waals surface area (Å²) in [5.41, 5.74) is 4.09. The molecule has 0 heterocycles. The van der Waals surface area contributed by atoms with Crippen molar-refractivity contribution in [2.24, 2.45) is 0 Å². The lowest BCUT2D eigenvalue weighted by molar-refractivity contribution is -0.127. The summed E-state index contributed by atoms with van der Waals surface area (Å²) in [5.74, 6) is -0.124. The molecular formula is C13H18O2. The highest BCUT2D eigenvalue weighted by molar-refractivity contribution is 5.84. The minimum atomic E-state index is -0.964. The Bertz CT molecular complexity index is 380. The molecule has 0 bridgehead atoms. The summed E-state index contributed by atoms with van der Waals surface area (Å²) in [6, 6.07) is 3.79. The molecule has 0 aromatic heterocycles. The van der Waals surface area contributed by atoms with E-state index in [-0.39, 0.29) is 5.78 Å². The molecule has 0 fully saturated rings. The van der Waals surface area contributed by atoms with E-state index in [9.17, 15) is 9.90 Å². The molecule has 0 aliphatic carbocycles. The Hall–Kier alpha value is -1.15. The summed E-state index contributed by atoms with van der Waals surface area (Å²) in [6.07, 6.45) is -0.595. The molecule has 1 rings (SSSR count). The molecule has 2 nitrogen and oxygen atoms in total. The van der Waals surface area contributed by atoms with E-state index in [4.69, 9.17) is 0 Å². The van der Waals surface area contributed by atoms with E-state index >= 15 is 0 Å². The number of ketones is 1. The van der Waals surface area contributed by atoms with Crippen LogP contribution in [0.15, 0.2) is 12.1 Å². The number of hydrogen-bond donors (Lipinski definition) is 1. The summed E-state index contributed by atoms with van der Waals surface area (Å²) >= 11 is 0. The van der Waals surface area contributed by atoms with Crippen LogP contribution in [-0.2, 0) is 4.79 Å². The van der Waals surface area contributed by atoms with Gasteiger partial charge in [0.1, 0.15) is 6.10 Å². The van der Waals surface area contributed by atoms with Crippen LogP contribution in [0.3, 0.4) is 0 Å². The molecule has 0 spiro atoms. The van der Waals surface area contributed by atoms with Gasteiger partial charge in [-0.25, -0.2) is 0 Å². The van der Waals surface area contributed by atoms with Gasteiger partial charge in [-0.3, -0.25) is 4.79 Å². The lowest BCUT2D eigenvalue weighted by Crippen LogP contribution is -2.12. The van der Waals surface area contributed by atoms with Crippen LogP contribution in [0.1, 0.15) is 41.7 Å². The average molecular weight is 206 g/mol. The number of carbonyl (C=O) groups excluding carboxylic acids is 1. The van der Waals surface area contributed by atoms with Crippen LogP contribution in [0.2, 0.25) is 0 Å². The quantitative estimate of drug-likeness (QED) is 0.825. The maximum atomic E-state index is 11.4. The zero-order chi connectivity index (χ0) is 11.6. The van der Waals surface area contributed by atoms with E-state index in [1.54, 1.807) is 6.92 Å². The fourth-order valence-corrected chi connectivity index (χ4v) is 1.64. The molecule has 82 valence electrons. The topological polar surface area (TPSA) is 37.3 Å². The van der Waals surface area contributed by atoms with Crippen LogP contribution in [-0.4, -0.2) is 10.9 Å². The summed E-state index contributed by atoms with van der Waals surface area (Å²) in [6.45, 7) is 7.75. The highest BCUT2D eigenvalue weighted by Crippen LogP contribution is 2.24. The first-order valence-electron chi connectivity index (χ1n) is 5.26. The molecule has 1 atom stereocenters. The van der Waals surface area contributed by atoms with Gasteiger partial charge in [-0.15, -0.1) is 0 Å². The van der Waals surface area contributed by atoms with Crippen molar-refractivity contribution in [3.05, 3.63) is 34.4 Å². The van der Waals surface area contributed by atoms with Crippen molar-refractivity contribution < 1.29 is 9.90 Å². The van der Waals surface area contributed by atoms with Crippen molar-refractivity contribution in [2.75, 3.05) is 0 Å². The van der Waals surface area contributed by atoms with E-state index in [1.165, 1.54) is 5.56 Å². The van der Waals surface area contributed by atoms with E-state index < -0.39 is 6.10 Å². The van der Waals surface area contributed by atoms with Crippen molar-refractivity contribution >= 4 is 5.78 Å². The smallest absolute Gasteiger partial charge is 0.165 e. The van der Waals surface area contributed by atoms with Crippen molar-refractivity contribution in [1.82, 2.24) is 0 Å². The highest BCUT2D eigenvalue weighted by atomic mass is 16.3. The van der Waals surface area contributed by atoms with Gasteiger partial charge < -0.3 is 5.11 Å². The van der Waals surface area contributed by atoms with Gasteiger partial charge in [0, 0.05) is 6.42 Å². The van der Waals surface area contributed by atoms with Crippen LogP contribution in [0.25, 0.3) is 0 Å². The lowest BCUT2D eigenvalue weighted by Gasteiger charge is -2.15. The Kier molecular flexibility index (Phi) is 3.64. The van der Waals surface area contributed by atoms with Crippen LogP contribution >= 0.6 is 0 Å². The average Bonchev–Trinajstić information content (AvgIpc) is 2.24. The molecule has 1 unspecified atom stereocenters. The molecular weight excluding hydrogens is 188 g/mol. The second kappa shape index (κ2) is 4.58. The minimum Gasteiger partial charge on any atom is -0.381 e. The highest BCUT2D eigenvalue weighted by Gasteiger charge is 2.18. The third-order valence-electron chi connectivity index (χ3n) is 3.05. The van der Waals surface area contributed by atoms with Gasteiger partial charge in [0.25, 0.3) is 0 Å². The zero-order valence-corrected chi connectivity index (χ0v) is 9.79. The maximum absolute atomic E-state index is 11.4. The molecule has 1 N–H and O–H groups in total. The van der Waals surface area contributed by atoms with Gasteiger partial charge in [-0.05, 0) is 43.0 Å². The monoisotopic (exact) mass is 206 g/mol. The van der Waals surface area contributed by atoms with Gasteiger partial charge >= 0.3 is 0 Å². The Balaban J connectivity index is 3.16. The summed E-state index contributed by atoms with van der Waals surface area (Å²) in [7, 11) is 0. The van der Waals surface area contributed by atoms with E-state index in [0.717, 1.165) is 16.7 Å². The predicted octanol–water partition coefficient (Wildman–Crippen LogP) is 2.62. The molecule has 1 aromatic rings. The Morgan fingerprint density at radius 3 is 2.40 bits per heavy atom. The van der Waals surface area contributed by atoms with Crippen molar-refractivity contribution in [2.45, 2.75) is 40.2 Å². The number of hydrogen-bond acceptors (Lipinski definition) is 2. The third-order valence-corrected chi connectivity index (χ3v) is 3.05. The molecule has 0 saturated heterocycles. The fraction of sp³-hybridized carbons (Fsp3) is 0.462. The zero-order valence-electron chi connectivity index (χ0n) is 9.79. The molecule has 1 aromatic carbocycles. The minimum absolute atomic E-state index is 0.124. The van der Waals surface area contributed by atoms with Crippen molar-refractivity contribution in [1.29, 1.82) is 0 Å². The first-order valence-corrected chi connectivity index (χ1v) is 5.26. The largest absolute Gasteiger partial charge is 0.381 e. The Morgan fingerprint density at radius 1 is 1.27 bits per heavy atom. The SMILES string of the molecule is CCC(=O)C(O)c1ccc(C)c(C)c1C. The second-order valence-electron chi connectivity index (χ2n) is 3.94. The van der Waals surface area contributed by atoms with Gasteiger partial charge in [-0.2, -0.15) is 0 Å². The van der Waals surface area contributed by atoms with Gasteiger partial charge in [0.05, 0.1) is 0 Å². The molecule has 0 aliphatic heterocycles. The third kappa shape index (κ3) is 2.26. The molecule has 0 saturated carbocycles. The number of Topliss-reactive ketones (excluding diaryl/α,β-unsaturated/α-hetero) is 1. The predicted molar refractivity (Wildman–Crippen MR) is 60.9 cm³/mol. The summed E-state index contributed by atoms with van der Waals surface area (Å²) in [5, 5.41) is 9.84. The summed E-state index contributed by atoms with van der Waals surface area (Å²) < 4.78 is 0. The summed E-state index contributed by atoms with van der Waals surface area (Å²) in [4.78, 5) is 11.4. The number of rotatable bonds is 3. The maximum Gasteiger partial charge on any atom is 0.165 e. The second-order valence-corrected chi connectivity index (χ2v) is 3.94. The molecule has 15 heavy (non-hydrogen) atoms. The van der Waals surface area contributed by atoms with Crippen molar-refractivity contribution in [3.8, 4) is 0 Å². The van der Waals surface area contributed by atoms with Gasteiger partial charge in [0.2, 0.25) is 0 Å². The molecule has 0 radical (unpaired) electrons. The van der Waals surface area contributed by atoms with Crippen molar-refractivity contribution in [3.63, 3.8) is 0 Å². The molecule has 0 aliphatic rings. The first kappa shape index (κ1) is 11.9. The number of aliphatic hydroxyl groups excluding tert-OH is 1. The fourth-order valence-electron chi connectivity index (χ4n) is 1.64. The van der Waals surface area contributed by atoms with E-state index in [0.29, 0.717) is 6.42 Å². The Labute approximate surface area is 90.9 Å². The molecule has 2 heteroatoms. The van der Waals surface area contributed by atoms with E-state index in [2.05, 4.69) is 0 Å². The number of aliphatic hydroxyl groups is 1. The first-order chi connectivity index (χ1) is 6.99. The number of aryl methyl sites for hydroxylation is 1. The van der Waals surface area contributed by atoms with Crippen LogP contribution in [0.5, 0.6) is 0 Å². The van der Waals surface area contributed by atoms with Gasteiger partial charge in [-0.1, -0.05) is 19.1 Å². The molecule has 0 amide bonds. The van der Waals surface area contributed by atoms with Crippen LogP contribution in [0, 0.1) is 20.8 Å². The number of benzene rings is 1. The van der Waals surface area contributed by atoms with Gasteiger partial charge in [0.15, 0.2) is 5.78 Å². The normalized spacial score (nSPS) is 12.6. The number of carbonyl (C=O) groups is 1. The van der Waals surface area contributed by atoms with E-state index in [1.807, 2.05) is 32.9 Å². The Morgan fingerprint density at radius 2 is 1.87 bits per heavy atom. The standard InChI is InChI=1S/C13H18O2/c1-5-12(14)13(15)11-7-6-8(2)9(3)10(11)4/h6-7,13,15H,5H2,1-4H3. The van der Waals surface area contributed by atoms with Crippen LogP contribution < -0.4 is 0 Å². The lowest BCUT2D eigenvalue weighted by atomic mass is 9.93. The van der Waals surface area contributed by atoms with Crippen LogP contribution in [0.4, 0.5) is 0 Å².